The van der Waals surface area contributed by atoms with E-state index >= 15 is 0 Å². The van der Waals surface area contributed by atoms with Crippen LogP contribution in [0.25, 0.3) is 0 Å². The largest absolute Gasteiger partial charge is 0.508 e. The maximum absolute atomic E-state index is 14.0. The molecule has 0 radical (unpaired) electrons. The number of phenolic OH excluding ortho intramolecular Hbond substituents is 1. The Morgan fingerprint density at radius 2 is 1.74 bits per heavy atom. The van der Waals surface area contributed by atoms with E-state index in [0.717, 1.165) is 32.1 Å². The average molecular weight is 535 g/mol. The molecule has 0 aromatic heterocycles. The predicted octanol–water partition coefficient (Wildman–Crippen LogP) is 3.92. The van der Waals surface area contributed by atoms with Crippen molar-refractivity contribution in [2.75, 3.05) is 6.54 Å². The molecule has 0 heterocycles. The molecule has 0 spiro atoms. The number of nitrogens with zero attached hydrogens (tertiary/aromatic N) is 1. The highest BCUT2D eigenvalue weighted by Gasteiger charge is 2.37. The normalized spacial score (nSPS) is 13.6. The van der Waals surface area contributed by atoms with Crippen molar-refractivity contribution >= 4 is 23.8 Å². The van der Waals surface area contributed by atoms with Crippen LogP contribution in [-0.4, -0.2) is 58.1 Å². The van der Waals surface area contributed by atoms with Crippen molar-refractivity contribution in [3.05, 3.63) is 29.8 Å². The van der Waals surface area contributed by atoms with Gasteiger partial charge in [0, 0.05) is 12.6 Å². The maximum atomic E-state index is 14.0. The van der Waals surface area contributed by atoms with E-state index in [1.165, 1.54) is 17.0 Å². The molecule has 3 unspecified atom stereocenters. The van der Waals surface area contributed by atoms with Gasteiger partial charge in [0.25, 0.3) is 0 Å². The standard InChI is InChI=1S/C28H46N4O6/c1-7-9-10-11-16-32(26(36)22(18-23(29)34)31-27(37)38-28(4,5)6)24(20-14-12-15-21(33)17-20)25(35)30-19(3)13-8-2/h12,14-15,17,19,22,24,33H,7-11,13,16,18H2,1-6H3,(H2,29,34)(H,30,35)(H,31,37). The number of nitrogens with one attached hydrogen (secondary N) is 2. The quantitative estimate of drug-likeness (QED) is 0.250. The first-order valence-corrected chi connectivity index (χ1v) is 13.5. The minimum atomic E-state index is -1.34. The summed E-state index contributed by atoms with van der Waals surface area (Å²) in [7, 11) is 0. The second-order valence-electron chi connectivity index (χ2n) is 10.7. The monoisotopic (exact) mass is 534 g/mol. The Balaban J connectivity index is 3.50. The molecule has 10 heteroatoms. The molecule has 3 atom stereocenters. The highest BCUT2D eigenvalue weighted by atomic mass is 16.6. The number of hydrogen-bond donors (Lipinski definition) is 4. The van der Waals surface area contributed by atoms with Gasteiger partial charge in [0.05, 0.1) is 6.42 Å². The summed E-state index contributed by atoms with van der Waals surface area (Å²) in [5.41, 5.74) is 5.00. The van der Waals surface area contributed by atoms with Crippen molar-refractivity contribution in [3.63, 3.8) is 0 Å². The van der Waals surface area contributed by atoms with E-state index in [-0.39, 0.29) is 18.3 Å². The highest BCUT2D eigenvalue weighted by molar-refractivity contribution is 5.94. The molecule has 0 saturated carbocycles. The molecule has 0 fully saturated rings. The zero-order valence-electron chi connectivity index (χ0n) is 23.7. The number of rotatable bonds is 15. The van der Waals surface area contributed by atoms with Gasteiger partial charge in [-0.25, -0.2) is 4.79 Å². The van der Waals surface area contributed by atoms with Crippen LogP contribution in [0, 0.1) is 0 Å². The molecular formula is C28H46N4O6. The minimum absolute atomic E-state index is 0.0548. The number of aromatic hydroxyl groups is 1. The Morgan fingerprint density at radius 1 is 1.05 bits per heavy atom. The molecule has 0 aliphatic heterocycles. The fraction of sp³-hybridized carbons (Fsp3) is 0.643. The van der Waals surface area contributed by atoms with Gasteiger partial charge in [-0.15, -0.1) is 0 Å². The van der Waals surface area contributed by atoms with Gasteiger partial charge >= 0.3 is 6.09 Å². The van der Waals surface area contributed by atoms with Crippen LogP contribution in [-0.2, 0) is 19.1 Å². The number of hydrogen-bond acceptors (Lipinski definition) is 6. The molecule has 0 saturated heterocycles. The van der Waals surface area contributed by atoms with E-state index in [2.05, 4.69) is 17.6 Å². The van der Waals surface area contributed by atoms with Crippen LogP contribution in [0.15, 0.2) is 24.3 Å². The lowest BCUT2D eigenvalue weighted by Crippen LogP contribution is -2.54. The van der Waals surface area contributed by atoms with Gasteiger partial charge < -0.3 is 31.1 Å². The van der Waals surface area contributed by atoms with Gasteiger partial charge in [-0.1, -0.05) is 51.7 Å². The van der Waals surface area contributed by atoms with E-state index in [9.17, 15) is 24.3 Å². The molecule has 0 bridgehead atoms. The number of primary amides is 1. The van der Waals surface area contributed by atoms with Crippen LogP contribution in [0.3, 0.4) is 0 Å². The second-order valence-corrected chi connectivity index (χ2v) is 10.7. The van der Waals surface area contributed by atoms with Crippen molar-refractivity contribution < 1.29 is 29.0 Å². The molecular weight excluding hydrogens is 488 g/mol. The summed E-state index contributed by atoms with van der Waals surface area (Å²) in [5, 5.41) is 15.6. The Kier molecular flexibility index (Phi) is 13.6. The van der Waals surface area contributed by atoms with Crippen molar-refractivity contribution in [1.82, 2.24) is 15.5 Å². The summed E-state index contributed by atoms with van der Waals surface area (Å²) >= 11 is 0. The Bertz CT molecular complexity index is 930. The SMILES string of the molecule is CCCCCCN(C(=O)C(CC(N)=O)NC(=O)OC(C)(C)C)C(C(=O)NC(C)CCC)c1cccc(O)c1. The van der Waals surface area contributed by atoms with E-state index in [4.69, 9.17) is 10.5 Å². The molecule has 1 rings (SSSR count). The minimum Gasteiger partial charge on any atom is -0.508 e. The van der Waals surface area contributed by atoms with Gasteiger partial charge in [0.15, 0.2) is 0 Å². The third kappa shape index (κ3) is 11.8. The van der Waals surface area contributed by atoms with E-state index in [1.54, 1.807) is 32.9 Å². The number of unbranched alkanes of at least 4 members (excludes halogenated alkanes) is 3. The number of alkyl carbamates (subject to hydrolysis) is 1. The molecule has 0 aliphatic carbocycles. The summed E-state index contributed by atoms with van der Waals surface area (Å²) in [6.07, 6.45) is 3.60. The second kappa shape index (κ2) is 15.8. The van der Waals surface area contributed by atoms with Crippen LogP contribution in [0.4, 0.5) is 4.79 Å². The fourth-order valence-electron chi connectivity index (χ4n) is 4.12. The Hall–Kier alpha value is -3.30. The van der Waals surface area contributed by atoms with Crippen molar-refractivity contribution in [1.29, 1.82) is 0 Å². The maximum Gasteiger partial charge on any atom is 0.408 e. The topological polar surface area (TPSA) is 151 Å². The van der Waals surface area contributed by atoms with Gasteiger partial charge in [-0.2, -0.15) is 0 Å². The molecule has 0 aliphatic rings. The first-order valence-electron chi connectivity index (χ1n) is 13.5. The first-order chi connectivity index (χ1) is 17.8. The lowest BCUT2D eigenvalue weighted by atomic mass is 10.0. The zero-order chi connectivity index (χ0) is 28.9. The average Bonchev–Trinajstić information content (AvgIpc) is 2.78. The summed E-state index contributed by atoms with van der Waals surface area (Å²) in [6.45, 7) is 11.2. The van der Waals surface area contributed by atoms with Crippen LogP contribution < -0.4 is 16.4 Å². The third-order valence-corrected chi connectivity index (χ3v) is 5.79. The fourth-order valence-corrected chi connectivity index (χ4v) is 4.12. The van der Waals surface area contributed by atoms with Crippen molar-refractivity contribution in [2.45, 2.75) is 110 Å². The van der Waals surface area contributed by atoms with Crippen LogP contribution in [0.5, 0.6) is 5.75 Å². The molecule has 4 amide bonds. The number of carbonyl (C=O) groups is 4. The van der Waals surface area contributed by atoms with Crippen LogP contribution in [0.2, 0.25) is 0 Å². The lowest BCUT2D eigenvalue weighted by molar-refractivity contribution is -0.143. The summed E-state index contributed by atoms with van der Waals surface area (Å²) in [6, 6.07) is 3.58. The number of phenols is 1. The number of nitrogens with two attached hydrogens (primary N) is 1. The molecule has 1 aromatic carbocycles. The van der Waals surface area contributed by atoms with Gasteiger partial charge in [-0.05, 0) is 58.2 Å². The number of benzene rings is 1. The van der Waals surface area contributed by atoms with Gasteiger partial charge in [0.2, 0.25) is 17.7 Å². The number of amides is 4. The van der Waals surface area contributed by atoms with E-state index in [0.29, 0.717) is 12.0 Å². The smallest absolute Gasteiger partial charge is 0.408 e. The zero-order valence-corrected chi connectivity index (χ0v) is 23.7. The molecule has 38 heavy (non-hydrogen) atoms. The summed E-state index contributed by atoms with van der Waals surface area (Å²) in [4.78, 5) is 53.4. The Labute approximate surface area is 226 Å². The van der Waals surface area contributed by atoms with Crippen molar-refractivity contribution in [3.8, 4) is 5.75 Å². The number of ether oxygens (including phenoxy) is 1. The summed E-state index contributed by atoms with van der Waals surface area (Å²) < 4.78 is 5.30. The number of carbonyl (C=O) groups excluding carboxylic acids is 4. The molecule has 10 nitrogen and oxygen atoms in total. The molecule has 214 valence electrons. The first kappa shape index (κ1) is 32.7. The lowest BCUT2D eigenvalue weighted by Gasteiger charge is -2.35. The third-order valence-electron chi connectivity index (χ3n) is 5.79. The Morgan fingerprint density at radius 3 is 2.29 bits per heavy atom. The van der Waals surface area contributed by atoms with Gasteiger partial charge in [0.1, 0.15) is 23.4 Å². The molecule has 1 aromatic rings. The highest BCUT2D eigenvalue weighted by Crippen LogP contribution is 2.27. The molecule has 5 N–H and O–H groups in total. The van der Waals surface area contributed by atoms with E-state index in [1.807, 2.05) is 13.8 Å². The van der Waals surface area contributed by atoms with Crippen LogP contribution >= 0.6 is 0 Å². The van der Waals surface area contributed by atoms with Gasteiger partial charge in [-0.3, -0.25) is 14.4 Å². The summed E-state index contributed by atoms with van der Waals surface area (Å²) in [5.74, 6) is -1.91. The van der Waals surface area contributed by atoms with Crippen molar-refractivity contribution in [2.24, 2.45) is 5.73 Å². The van der Waals surface area contributed by atoms with Crippen LogP contribution in [0.1, 0.15) is 98.1 Å². The van der Waals surface area contributed by atoms with E-state index < -0.39 is 47.9 Å². The predicted molar refractivity (Wildman–Crippen MR) is 146 cm³/mol.